The van der Waals surface area contributed by atoms with Gasteiger partial charge in [-0.05, 0) is 23.8 Å². The van der Waals surface area contributed by atoms with E-state index in [-0.39, 0.29) is 11.5 Å². The van der Waals surface area contributed by atoms with Gasteiger partial charge >= 0.3 is 5.69 Å². The molecule has 7 heteroatoms. The van der Waals surface area contributed by atoms with Gasteiger partial charge in [0.1, 0.15) is 0 Å². The molecular formula is C14H14ClN3O3. The lowest BCUT2D eigenvalue weighted by Crippen LogP contribution is -2.11. The molecule has 0 spiro atoms. The molecule has 2 rings (SSSR count). The van der Waals surface area contributed by atoms with Crippen LogP contribution in [-0.2, 0) is 11.3 Å². The molecule has 0 unspecified atom stereocenters. The van der Waals surface area contributed by atoms with Gasteiger partial charge in [0.2, 0.25) is 5.82 Å². The van der Waals surface area contributed by atoms with Gasteiger partial charge in [0.05, 0.1) is 18.1 Å². The molecule has 1 aromatic heterocycles. The molecule has 1 heterocycles. The summed E-state index contributed by atoms with van der Waals surface area (Å²) in [5.74, 6) is 0.248. The molecule has 2 aromatic rings. The number of hydrogen-bond acceptors (Lipinski definition) is 5. The van der Waals surface area contributed by atoms with E-state index >= 15 is 0 Å². The van der Waals surface area contributed by atoms with Gasteiger partial charge in [-0.3, -0.25) is 10.1 Å². The number of nitrogens with zero attached hydrogens (tertiary/aromatic N) is 2. The van der Waals surface area contributed by atoms with Crippen molar-refractivity contribution in [2.45, 2.75) is 6.61 Å². The second-order valence-corrected chi connectivity index (χ2v) is 4.67. The maximum Gasteiger partial charge on any atom is 0.311 e. The second-order valence-electron chi connectivity index (χ2n) is 4.23. The maximum absolute atomic E-state index is 10.8. The van der Waals surface area contributed by atoms with Gasteiger partial charge in [0.25, 0.3) is 0 Å². The van der Waals surface area contributed by atoms with Crippen LogP contribution in [0.3, 0.4) is 0 Å². The minimum Gasteiger partial charge on any atom is -0.375 e. The lowest BCUT2D eigenvalue weighted by Gasteiger charge is -2.07. The molecule has 0 fully saturated rings. The summed E-state index contributed by atoms with van der Waals surface area (Å²) in [5, 5.41) is 14.4. The molecule has 0 radical (unpaired) electrons. The van der Waals surface area contributed by atoms with Crippen molar-refractivity contribution in [2.24, 2.45) is 0 Å². The van der Waals surface area contributed by atoms with Crippen molar-refractivity contribution in [3.63, 3.8) is 0 Å². The van der Waals surface area contributed by atoms with E-state index in [2.05, 4.69) is 10.3 Å². The van der Waals surface area contributed by atoms with Gasteiger partial charge in [-0.15, -0.1) is 0 Å². The zero-order valence-corrected chi connectivity index (χ0v) is 11.9. The van der Waals surface area contributed by atoms with Crippen LogP contribution < -0.4 is 5.32 Å². The lowest BCUT2D eigenvalue weighted by atomic mass is 10.2. The van der Waals surface area contributed by atoms with Crippen LogP contribution in [0.5, 0.6) is 0 Å². The number of nitro groups is 1. The molecule has 0 saturated heterocycles. The Morgan fingerprint density at radius 3 is 2.76 bits per heavy atom. The molecule has 6 nitrogen and oxygen atoms in total. The monoisotopic (exact) mass is 307 g/mol. The summed E-state index contributed by atoms with van der Waals surface area (Å²) in [4.78, 5) is 14.3. The zero-order valence-electron chi connectivity index (χ0n) is 11.2. The van der Waals surface area contributed by atoms with Gasteiger partial charge in [-0.1, -0.05) is 23.7 Å². The fraction of sp³-hybridized carbons (Fsp3) is 0.214. The molecule has 1 N–H and O–H groups in total. The van der Waals surface area contributed by atoms with Crippen molar-refractivity contribution >= 4 is 23.1 Å². The summed E-state index contributed by atoms with van der Waals surface area (Å²) in [7, 11) is 0. The fourth-order valence-corrected chi connectivity index (χ4v) is 1.82. The van der Waals surface area contributed by atoms with E-state index < -0.39 is 4.92 Å². The Kier molecular flexibility index (Phi) is 5.48. The third-order valence-corrected chi connectivity index (χ3v) is 2.96. The highest BCUT2D eigenvalue weighted by Gasteiger charge is 2.12. The number of hydrogen-bond donors (Lipinski definition) is 1. The lowest BCUT2D eigenvalue weighted by molar-refractivity contribution is -0.384. The van der Waals surface area contributed by atoms with Crippen LogP contribution in [0.2, 0.25) is 5.02 Å². The van der Waals surface area contributed by atoms with Crippen molar-refractivity contribution < 1.29 is 9.66 Å². The summed E-state index contributed by atoms with van der Waals surface area (Å²) in [6, 6.07) is 10.3. The first kappa shape index (κ1) is 15.2. The van der Waals surface area contributed by atoms with Crippen LogP contribution in [0, 0.1) is 10.1 Å². The van der Waals surface area contributed by atoms with Gasteiger partial charge in [0, 0.05) is 23.8 Å². The Hall–Kier alpha value is -2.18. The van der Waals surface area contributed by atoms with E-state index in [0.717, 1.165) is 5.56 Å². The fourth-order valence-electron chi connectivity index (χ4n) is 1.69. The predicted molar refractivity (Wildman–Crippen MR) is 80.5 cm³/mol. The molecule has 0 aliphatic heterocycles. The van der Waals surface area contributed by atoms with Crippen molar-refractivity contribution in [3.05, 3.63) is 63.3 Å². The van der Waals surface area contributed by atoms with Crippen LogP contribution >= 0.6 is 11.6 Å². The summed E-state index contributed by atoms with van der Waals surface area (Å²) in [6.07, 6.45) is 1.50. The number of anilines is 1. The number of halogens is 1. The van der Waals surface area contributed by atoms with Crippen molar-refractivity contribution in [3.8, 4) is 0 Å². The maximum atomic E-state index is 10.8. The SMILES string of the molecule is O=[N+]([O-])c1cccnc1NCCOCc1ccc(Cl)cc1. The molecule has 0 aliphatic rings. The first-order chi connectivity index (χ1) is 10.2. The molecule has 0 bridgehead atoms. The number of nitrogens with one attached hydrogen (secondary N) is 1. The molecule has 0 atom stereocenters. The highest BCUT2D eigenvalue weighted by atomic mass is 35.5. The predicted octanol–water partition coefficient (Wildman–Crippen LogP) is 3.27. The number of rotatable bonds is 7. The quantitative estimate of drug-likeness (QED) is 0.482. The smallest absolute Gasteiger partial charge is 0.311 e. The van der Waals surface area contributed by atoms with Crippen LogP contribution in [0.1, 0.15) is 5.56 Å². The summed E-state index contributed by atoms with van der Waals surface area (Å²) < 4.78 is 5.48. The number of ether oxygens (including phenoxy) is 1. The van der Waals surface area contributed by atoms with Gasteiger partial charge in [-0.25, -0.2) is 4.98 Å². The Labute approximate surface area is 126 Å². The summed E-state index contributed by atoms with van der Waals surface area (Å²) in [5.41, 5.74) is 0.971. The largest absolute Gasteiger partial charge is 0.375 e. The molecule has 0 amide bonds. The zero-order chi connectivity index (χ0) is 15.1. The van der Waals surface area contributed by atoms with Gasteiger partial charge < -0.3 is 10.1 Å². The third kappa shape index (κ3) is 4.70. The third-order valence-electron chi connectivity index (χ3n) is 2.70. The van der Waals surface area contributed by atoms with E-state index in [0.29, 0.717) is 24.8 Å². The van der Waals surface area contributed by atoms with Gasteiger partial charge in [0.15, 0.2) is 0 Å². The molecular weight excluding hydrogens is 294 g/mol. The van der Waals surface area contributed by atoms with E-state index in [9.17, 15) is 10.1 Å². The first-order valence-corrected chi connectivity index (χ1v) is 6.70. The standard InChI is InChI=1S/C14H14ClN3O3/c15-12-5-3-11(4-6-12)10-21-9-8-17-14-13(18(19)20)2-1-7-16-14/h1-7H,8-10H2,(H,16,17). The summed E-state index contributed by atoms with van der Waals surface area (Å²) in [6.45, 7) is 1.31. The Bertz CT molecular complexity index is 605. The van der Waals surface area contributed by atoms with Crippen LogP contribution in [0.15, 0.2) is 42.6 Å². The van der Waals surface area contributed by atoms with Crippen LogP contribution in [0.25, 0.3) is 0 Å². The molecule has 0 saturated carbocycles. The van der Waals surface area contributed by atoms with Crippen molar-refractivity contribution in [2.75, 3.05) is 18.5 Å². The summed E-state index contributed by atoms with van der Waals surface area (Å²) >= 11 is 5.79. The van der Waals surface area contributed by atoms with E-state index in [4.69, 9.17) is 16.3 Å². The van der Waals surface area contributed by atoms with E-state index in [1.54, 1.807) is 12.1 Å². The average molecular weight is 308 g/mol. The molecule has 110 valence electrons. The molecule has 1 aromatic carbocycles. The molecule has 21 heavy (non-hydrogen) atoms. The van der Waals surface area contributed by atoms with Crippen molar-refractivity contribution in [1.82, 2.24) is 4.98 Å². The van der Waals surface area contributed by atoms with Crippen LogP contribution in [-0.4, -0.2) is 23.1 Å². The van der Waals surface area contributed by atoms with E-state index in [1.165, 1.54) is 18.3 Å². The number of aromatic nitrogens is 1. The number of pyridine rings is 1. The normalized spacial score (nSPS) is 10.3. The number of benzene rings is 1. The Morgan fingerprint density at radius 2 is 2.05 bits per heavy atom. The minimum atomic E-state index is -0.468. The average Bonchev–Trinajstić information content (AvgIpc) is 2.49. The highest BCUT2D eigenvalue weighted by molar-refractivity contribution is 6.30. The first-order valence-electron chi connectivity index (χ1n) is 6.32. The van der Waals surface area contributed by atoms with Gasteiger partial charge in [-0.2, -0.15) is 0 Å². The van der Waals surface area contributed by atoms with Crippen LogP contribution in [0.4, 0.5) is 11.5 Å². The molecule has 0 aliphatic carbocycles. The van der Waals surface area contributed by atoms with Crippen molar-refractivity contribution in [1.29, 1.82) is 0 Å². The second kappa shape index (κ2) is 7.56. The topological polar surface area (TPSA) is 77.3 Å². The minimum absolute atomic E-state index is 0.0461. The van der Waals surface area contributed by atoms with E-state index in [1.807, 2.05) is 12.1 Å². The Morgan fingerprint density at radius 1 is 1.29 bits per heavy atom. The Balaban J connectivity index is 1.75. The highest BCUT2D eigenvalue weighted by Crippen LogP contribution is 2.19.